The zero-order valence-corrected chi connectivity index (χ0v) is 12.8. The third-order valence-electron chi connectivity index (χ3n) is 3.10. The van der Waals surface area contributed by atoms with E-state index in [9.17, 15) is 0 Å². The monoisotopic (exact) mass is 248 g/mol. The molecule has 2 heteroatoms. The van der Waals surface area contributed by atoms with Crippen molar-refractivity contribution in [3.05, 3.63) is 0 Å². The second kappa shape index (κ2) is 17.8. The van der Waals surface area contributed by atoms with Gasteiger partial charge >= 0.3 is 0 Å². The number of hydrogen-bond donors (Lipinski definition) is 0. The van der Waals surface area contributed by atoms with Gasteiger partial charge in [-0.3, -0.25) is 0 Å². The van der Waals surface area contributed by atoms with Crippen LogP contribution in [0.4, 0.5) is 0 Å². The van der Waals surface area contributed by atoms with E-state index in [0.717, 1.165) is 0 Å². The number of rotatable bonds is 12. The molecular weight excluding hydrogens is 215 g/mol. The van der Waals surface area contributed by atoms with Crippen LogP contribution in [-0.2, 0) is 0 Å². The van der Waals surface area contributed by atoms with Gasteiger partial charge in [0.25, 0.3) is 0 Å². The molecule has 0 saturated carbocycles. The van der Waals surface area contributed by atoms with E-state index in [0.29, 0.717) is 0 Å². The molecule has 100 valence electrons. The normalized spacial score (nSPS) is 10.3. The quantitative estimate of drug-likeness (QED) is 0.348. The summed E-state index contributed by atoms with van der Waals surface area (Å²) in [5, 5.41) is 0. The lowest BCUT2D eigenvalue weighted by Crippen LogP contribution is -1.82. The minimum Gasteiger partial charge on any atom is -0.870 e. The van der Waals surface area contributed by atoms with Crippen LogP contribution in [-0.4, -0.2) is 11.6 Å². The SMILES string of the molecule is CCCCCCCCCCCCCC[PH3+].[OH-]. The largest absolute Gasteiger partial charge is 0.870 e. The molecule has 0 aromatic heterocycles. The fourth-order valence-electron chi connectivity index (χ4n) is 2.02. The van der Waals surface area contributed by atoms with Gasteiger partial charge in [-0.25, -0.2) is 0 Å². The van der Waals surface area contributed by atoms with Crippen LogP contribution in [0.5, 0.6) is 0 Å². The second-order valence-electron chi connectivity index (χ2n) is 4.74. The molecule has 0 aliphatic heterocycles. The van der Waals surface area contributed by atoms with E-state index >= 15 is 0 Å². The predicted octanol–water partition coefficient (Wildman–Crippen LogP) is 5.12. The van der Waals surface area contributed by atoms with Gasteiger partial charge in [0.15, 0.2) is 0 Å². The highest BCUT2D eigenvalue weighted by Crippen LogP contribution is 2.11. The number of unbranched alkanes of at least 4 members (excludes halogenated alkanes) is 11. The van der Waals surface area contributed by atoms with Crippen LogP contribution in [0, 0.1) is 0 Å². The van der Waals surface area contributed by atoms with Crippen LogP contribution in [0.15, 0.2) is 0 Å². The lowest BCUT2D eigenvalue weighted by Gasteiger charge is -2.01. The van der Waals surface area contributed by atoms with Gasteiger partial charge in [-0.15, -0.1) is 0 Å². The minimum absolute atomic E-state index is 0. The van der Waals surface area contributed by atoms with Crippen molar-refractivity contribution in [3.63, 3.8) is 0 Å². The molecule has 1 N–H and O–H groups in total. The molecule has 0 fully saturated rings. The lowest BCUT2D eigenvalue weighted by molar-refractivity contribution is 0.548. The molecule has 1 nitrogen and oxygen atoms in total. The van der Waals surface area contributed by atoms with E-state index in [1.807, 2.05) is 0 Å². The third-order valence-corrected chi connectivity index (χ3v) is 3.60. The molecule has 0 amide bonds. The molecule has 0 aliphatic rings. The van der Waals surface area contributed by atoms with Crippen molar-refractivity contribution in [2.75, 3.05) is 6.16 Å². The Morgan fingerprint density at radius 3 is 1.19 bits per heavy atom. The average molecular weight is 248 g/mol. The first kappa shape index (κ1) is 18.7. The van der Waals surface area contributed by atoms with Crippen molar-refractivity contribution in [1.29, 1.82) is 0 Å². The Labute approximate surface area is 105 Å². The van der Waals surface area contributed by atoms with Crippen molar-refractivity contribution in [3.8, 4) is 0 Å². The highest BCUT2D eigenvalue weighted by atomic mass is 31.0. The van der Waals surface area contributed by atoms with Gasteiger partial charge in [-0.05, 0) is 22.1 Å². The Kier molecular flexibility index (Phi) is 20.8. The predicted molar refractivity (Wildman–Crippen MR) is 79.0 cm³/mol. The summed E-state index contributed by atoms with van der Waals surface area (Å²) in [6.07, 6.45) is 19.0. The first-order valence-electron chi connectivity index (χ1n) is 7.21. The van der Waals surface area contributed by atoms with Crippen molar-refractivity contribution in [2.45, 2.75) is 84.0 Å². The molecular formula is C14H33OP. The van der Waals surface area contributed by atoms with Crippen molar-refractivity contribution < 1.29 is 5.48 Å². The number of hydrogen-bond acceptors (Lipinski definition) is 1. The topological polar surface area (TPSA) is 30.0 Å². The lowest BCUT2D eigenvalue weighted by atomic mass is 10.1. The minimum atomic E-state index is 0. The maximum atomic E-state index is 2.29. The standard InChI is InChI=1S/C14H31P.H2O/c1-2-3-4-5-6-7-8-9-10-11-12-13-14-15;/h2-15H2,1H3;1H2. The first-order chi connectivity index (χ1) is 7.41. The smallest absolute Gasteiger partial charge is 0.0526 e. The summed E-state index contributed by atoms with van der Waals surface area (Å²) >= 11 is 0. The Bertz CT molecular complexity index is 94.9. The van der Waals surface area contributed by atoms with E-state index < -0.39 is 0 Å². The molecule has 16 heavy (non-hydrogen) atoms. The van der Waals surface area contributed by atoms with E-state index in [1.54, 1.807) is 0 Å². The molecule has 0 radical (unpaired) electrons. The van der Waals surface area contributed by atoms with E-state index in [2.05, 4.69) is 16.2 Å². The fourth-order valence-corrected chi connectivity index (χ4v) is 2.37. The highest BCUT2D eigenvalue weighted by molar-refractivity contribution is 7.16. The summed E-state index contributed by atoms with van der Waals surface area (Å²) in [5.74, 6) is 0. The molecule has 0 heterocycles. The molecule has 0 spiro atoms. The molecule has 0 saturated heterocycles. The van der Waals surface area contributed by atoms with Crippen LogP contribution < -0.4 is 0 Å². The van der Waals surface area contributed by atoms with Crippen LogP contribution in [0.2, 0.25) is 0 Å². The Morgan fingerprint density at radius 2 is 0.875 bits per heavy atom. The van der Waals surface area contributed by atoms with Crippen molar-refractivity contribution >= 4 is 9.24 Å². The summed E-state index contributed by atoms with van der Waals surface area (Å²) < 4.78 is 0. The third kappa shape index (κ3) is 16.8. The summed E-state index contributed by atoms with van der Waals surface area (Å²) in [4.78, 5) is 0. The maximum absolute atomic E-state index is 2.29. The fraction of sp³-hybridized carbons (Fsp3) is 1.00. The second-order valence-corrected chi connectivity index (χ2v) is 5.45. The van der Waals surface area contributed by atoms with Crippen molar-refractivity contribution in [2.24, 2.45) is 0 Å². The first-order valence-corrected chi connectivity index (χ1v) is 8.21. The summed E-state index contributed by atoms with van der Waals surface area (Å²) in [7, 11) is 2.11. The molecule has 0 rings (SSSR count). The van der Waals surface area contributed by atoms with Crippen LogP contribution in [0.1, 0.15) is 84.0 Å². The zero-order chi connectivity index (χ0) is 11.2. The molecule has 0 bridgehead atoms. The molecule has 0 aliphatic carbocycles. The van der Waals surface area contributed by atoms with Gasteiger partial charge in [0.05, 0.1) is 6.16 Å². The van der Waals surface area contributed by atoms with E-state index in [4.69, 9.17) is 0 Å². The highest BCUT2D eigenvalue weighted by Gasteiger charge is 1.92. The molecule has 1 atom stereocenters. The summed E-state index contributed by atoms with van der Waals surface area (Å²) in [5.41, 5.74) is 0. The zero-order valence-electron chi connectivity index (χ0n) is 11.3. The molecule has 0 aromatic carbocycles. The van der Waals surface area contributed by atoms with Gasteiger partial charge in [0, 0.05) is 0 Å². The van der Waals surface area contributed by atoms with Crippen molar-refractivity contribution in [1.82, 2.24) is 0 Å². The van der Waals surface area contributed by atoms with Crippen LogP contribution >= 0.6 is 9.24 Å². The Hall–Kier alpha value is 0.390. The van der Waals surface area contributed by atoms with Gasteiger partial charge in [0.2, 0.25) is 0 Å². The molecule has 0 aromatic rings. The van der Waals surface area contributed by atoms with Gasteiger partial charge < -0.3 is 5.48 Å². The average Bonchev–Trinajstić information content (AvgIpc) is 2.26. The van der Waals surface area contributed by atoms with Gasteiger partial charge in [-0.2, -0.15) is 0 Å². The van der Waals surface area contributed by atoms with Crippen LogP contribution in [0.3, 0.4) is 0 Å². The summed E-state index contributed by atoms with van der Waals surface area (Å²) in [6.45, 7) is 2.29. The maximum Gasteiger partial charge on any atom is 0.0526 e. The Morgan fingerprint density at radius 1 is 0.562 bits per heavy atom. The molecule has 1 unspecified atom stereocenters. The van der Waals surface area contributed by atoms with E-state index in [1.165, 1.54) is 83.2 Å². The summed E-state index contributed by atoms with van der Waals surface area (Å²) in [6, 6.07) is 0. The van der Waals surface area contributed by atoms with Crippen LogP contribution in [0.25, 0.3) is 0 Å². The van der Waals surface area contributed by atoms with Gasteiger partial charge in [0.1, 0.15) is 0 Å². The van der Waals surface area contributed by atoms with Gasteiger partial charge in [-0.1, -0.05) is 71.1 Å². The Balaban J connectivity index is 0. The van der Waals surface area contributed by atoms with E-state index in [-0.39, 0.29) is 5.48 Å².